The van der Waals surface area contributed by atoms with Crippen molar-refractivity contribution in [3.8, 4) is 11.3 Å². The molecular formula is C21H21F3N6O. The first-order valence-electron chi connectivity index (χ1n) is 9.84. The van der Waals surface area contributed by atoms with E-state index in [0.29, 0.717) is 23.0 Å². The maximum atomic E-state index is 13.1. The molecule has 4 heterocycles. The topological polar surface area (TPSA) is 75.9 Å². The molecule has 1 aliphatic rings. The van der Waals surface area contributed by atoms with Crippen molar-refractivity contribution < 1.29 is 13.2 Å². The molecule has 1 atom stereocenters. The van der Waals surface area contributed by atoms with Crippen LogP contribution in [0.1, 0.15) is 25.3 Å². The van der Waals surface area contributed by atoms with Gasteiger partial charge in [0.05, 0.1) is 11.3 Å². The average molecular weight is 430 g/mol. The predicted molar refractivity (Wildman–Crippen MR) is 111 cm³/mol. The highest BCUT2D eigenvalue weighted by molar-refractivity contribution is 5.66. The molecule has 0 amide bonds. The Morgan fingerprint density at radius 1 is 1.13 bits per heavy atom. The highest BCUT2D eigenvalue weighted by Gasteiger charge is 2.31. The van der Waals surface area contributed by atoms with E-state index in [-0.39, 0.29) is 17.4 Å². The highest BCUT2D eigenvalue weighted by Crippen LogP contribution is 2.31. The summed E-state index contributed by atoms with van der Waals surface area (Å²) in [5.41, 5.74) is 0.0930. The van der Waals surface area contributed by atoms with Crippen molar-refractivity contribution >= 4 is 17.6 Å². The van der Waals surface area contributed by atoms with E-state index in [0.717, 1.165) is 37.7 Å². The van der Waals surface area contributed by atoms with Crippen LogP contribution in [0.3, 0.4) is 0 Å². The third kappa shape index (κ3) is 4.52. The standard InChI is InChI=1S/C21H21F3N6O/c1-13-4-3-8-30(13)20-26-16(14-6-9-29(2)19(31)10-14)12-18(28-20)27-17-11-15(5-7-25-17)21(22,23)24/h5-7,9-13H,3-4,8H2,1-2H3,(H,25,26,27,28)/t13-/m1/s1. The summed E-state index contributed by atoms with van der Waals surface area (Å²) in [5.74, 6) is 0.771. The van der Waals surface area contributed by atoms with E-state index in [2.05, 4.69) is 32.1 Å². The summed E-state index contributed by atoms with van der Waals surface area (Å²) >= 11 is 0. The van der Waals surface area contributed by atoms with Crippen LogP contribution in [0.2, 0.25) is 0 Å². The van der Waals surface area contributed by atoms with Gasteiger partial charge in [-0.15, -0.1) is 0 Å². The minimum absolute atomic E-state index is 0.0175. The average Bonchev–Trinajstić information content (AvgIpc) is 3.15. The molecule has 7 nitrogen and oxygen atoms in total. The van der Waals surface area contributed by atoms with Crippen LogP contribution in [0.15, 0.2) is 47.5 Å². The molecule has 0 aromatic carbocycles. The number of aryl methyl sites for hydroxylation is 1. The van der Waals surface area contributed by atoms with Crippen LogP contribution in [0.4, 0.5) is 30.8 Å². The summed E-state index contributed by atoms with van der Waals surface area (Å²) in [4.78, 5) is 27.3. The predicted octanol–water partition coefficient (Wildman–Crippen LogP) is 3.99. The van der Waals surface area contributed by atoms with Crippen LogP contribution in [0.25, 0.3) is 11.3 Å². The number of alkyl halides is 3. The van der Waals surface area contributed by atoms with Gasteiger partial charge in [0.15, 0.2) is 0 Å². The van der Waals surface area contributed by atoms with Crippen molar-refractivity contribution in [3.63, 3.8) is 0 Å². The Hall–Kier alpha value is -3.43. The fourth-order valence-electron chi connectivity index (χ4n) is 3.52. The second kappa shape index (κ2) is 8.01. The van der Waals surface area contributed by atoms with Gasteiger partial charge in [-0.1, -0.05) is 0 Å². The Morgan fingerprint density at radius 3 is 2.61 bits per heavy atom. The molecule has 0 aliphatic carbocycles. The lowest BCUT2D eigenvalue weighted by Gasteiger charge is -2.22. The fourth-order valence-corrected chi connectivity index (χ4v) is 3.52. The van der Waals surface area contributed by atoms with Crippen LogP contribution in [0.5, 0.6) is 0 Å². The van der Waals surface area contributed by atoms with Crippen molar-refractivity contribution in [1.29, 1.82) is 0 Å². The Morgan fingerprint density at radius 2 is 1.94 bits per heavy atom. The number of hydrogen-bond donors (Lipinski definition) is 1. The van der Waals surface area contributed by atoms with Gasteiger partial charge in [-0.3, -0.25) is 4.79 Å². The van der Waals surface area contributed by atoms with Crippen molar-refractivity contribution in [1.82, 2.24) is 19.5 Å². The first kappa shape index (κ1) is 20.8. The molecule has 1 N–H and O–H groups in total. The van der Waals surface area contributed by atoms with Crippen molar-refractivity contribution in [3.05, 3.63) is 58.6 Å². The van der Waals surface area contributed by atoms with Gasteiger partial charge in [0.25, 0.3) is 5.56 Å². The summed E-state index contributed by atoms with van der Waals surface area (Å²) in [7, 11) is 1.65. The van der Waals surface area contributed by atoms with Crippen LogP contribution in [-0.2, 0) is 13.2 Å². The number of anilines is 3. The number of aromatic nitrogens is 4. The van der Waals surface area contributed by atoms with Crippen LogP contribution >= 0.6 is 0 Å². The quantitative estimate of drug-likeness (QED) is 0.675. The van der Waals surface area contributed by atoms with Gasteiger partial charge >= 0.3 is 6.18 Å². The lowest BCUT2D eigenvalue weighted by Crippen LogP contribution is -2.28. The van der Waals surface area contributed by atoms with E-state index in [1.807, 2.05) is 0 Å². The molecule has 31 heavy (non-hydrogen) atoms. The van der Waals surface area contributed by atoms with Gasteiger partial charge in [0.2, 0.25) is 5.95 Å². The Kier molecular flexibility index (Phi) is 5.38. The lowest BCUT2D eigenvalue weighted by molar-refractivity contribution is -0.137. The van der Waals surface area contributed by atoms with E-state index < -0.39 is 11.7 Å². The van der Waals surface area contributed by atoms with E-state index in [4.69, 9.17) is 0 Å². The molecule has 0 radical (unpaired) electrons. The van der Waals surface area contributed by atoms with E-state index in [1.54, 1.807) is 25.4 Å². The normalized spacial score (nSPS) is 16.5. The molecule has 162 valence electrons. The molecule has 1 saturated heterocycles. The smallest absolute Gasteiger partial charge is 0.338 e. The summed E-state index contributed by atoms with van der Waals surface area (Å²) in [6, 6.07) is 6.89. The van der Waals surface area contributed by atoms with Gasteiger partial charge < -0.3 is 14.8 Å². The van der Waals surface area contributed by atoms with Gasteiger partial charge in [0.1, 0.15) is 11.6 Å². The molecule has 3 aromatic rings. The van der Waals surface area contributed by atoms with Crippen molar-refractivity contribution in [2.45, 2.75) is 32.0 Å². The van der Waals surface area contributed by atoms with Crippen LogP contribution in [-0.4, -0.2) is 32.1 Å². The zero-order chi connectivity index (χ0) is 22.2. The maximum absolute atomic E-state index is 13.1. The van der Waals surface area contributed by atoms with E-state index in [9.17, 15) is 18.0 Å². The molecule has 1 aliphatic heterocycles. The van der Waals surface area contributed by atoms with Crippen molar-refractivity contribution in [2.75, 3.05) is 16.8 Å². The molecule has 1 fully saturated rings. The summed E-state index contributed by atoms with van der Waals surface area (Å²) in [5, 5.41) is 2.86. The molecule has 3 aromatic heterocycles. The third-order valence-electron chi connectivity index (χ3n) is 5.27. The Balaban J connectivity index is 1.76. The first-order valence-corrected chi connectivity index (χ1v) is 9.84. The van der Waals surface area contributed by atoms with Gasteiger partial charge in [-0.05, 0) is 38.0 Å². The number of nitrogens with zero attached hydrogens (tertiary/aromatic N) is 5. The monoisotopic (exact) mass is 430 g/mol. The summed E-state index contributed by atoms with van der Waals surface area (Å²) < 4.78 is 40.6. The number of halogens is 3. The lowest BCUT2D eigenvalue weighted by atomic mass is 10.2. The second-order valence-electron chi connectivity index (χ2n) is 7.54. The molecule has 4 rings (SSSR count). The van der Waals surface area contributed by atoms with E-state index >= 15 is 0 Å². The minimum atomic E-state index is -4.48. The molecule has 0 bridgehead atoms. The summed E-state index contributed by atoms with van der Waals surface area (Å²) in [6.07, 6.45) is 0.253. The number of pyridine rings is 2. The zero-order valence-electron chi connectivity index (χ0n) is 17.0. The SMILES string of the molecule is C[C@@H]1CCCN1c1nc(Nc2cc(C(F)(F)F)ccn2)cc(-c2ccn(C)c(=O)c2)n1. The first-order chi connectivity index (χ1) is 14.7. The number of nitrogens with one attached hydrogen (secondary N) is 1. The second-order valence-corrected chi connectivity index (χ2v) is 7.54. The zero-order valence-corrected chi connectivity index (χ0v) is 17.0. The summed E-state index contributed by atoms with van der Waals surface area (Å²) in [6.45, 7) is 2.85. The maximum Gasteiger partial charge on any atom is 0.416 e. The molecular weight excluding hydrogens is 409 g/mol. The molecule has 10 heteroatoms. The highest BCUT2D eigenvalue weighted by atomic mass is 19.4. The molecule has 0 saturated carbocycles. The number of hydrogen-bond acceptors (Lipinski definition) is 6. The molecule has 0 spiro atoms. The largest absolute Gasteiger partial charge is 0.416 e. The van der Waals surface area contributed by atoms with Crippen molar-refractivity contribution in [2.24, 2.45) is 7.05 Å². The third-order valence-corrected chi connectivity index (χ3v) is 5.27. The van der Waals surface area contributed by atoms with Crippen LogP contribution in [0, 0.1) is 0 Å². The van der Waals surface area contributed by atoms with Gasteiger partial charge in [-0.2, -0.15) is 18.2 Å². The number of rotatable bonds is 4. The van der Waals surface area contributed by atoms with Crippen LogP contribution < -0.4 is 15.8 Å². The van der Waals surface area contributed by atoms with Gasteiger partial charge in [-0.25, -0.2) is 9.97 Å². The fraction of sp³-hybridized carbons (Fsp3) is 0.333. The van der Waals surface area contributed by atoms with Gasteiger partial charge in [0, 0.05) is 49.7 Å². The van der Waals surface area contributed by atoms with E-state index in [1.165, 1.54) is 10.6 Å². The minimum Gasteiger partial charge on any atom is -0.338 e. The Labute approximate surface area is 176 Å². The Bertz CT molecular complexity index is 1160. The molecule has 0 unspecified atom stereocenters.